The maximum atomic E-state index is 11.8. The summed E-state index contributed by atoms with van der Waals surface area (Å²) in [6.07, 6.45) is 1.06. The summed E-state index contributed by atoms with van der Waals surface area (Å²) in [4.78, 5) is 11.8. The molecule has 21 heavy (non-hydrogen) atoms. The van der Waals surface area contributed by atoms with Crippen LogP contribution < -0.4 is 10.1 Å². The number of halogens is 1. The van der Waals surface area contributed by atoms with E-state index in [-0.39, 0.29) is 5.91 Å². The van der Waals surface area contributed by atoms with E-state index in [1.54, 1.807) is 12.1 Å². The highest BCUT2D eigenvalue weighted by atomic mass is 35.5. The highest BCUT2D eigenvalue weighted by Gasteiger charge is 2.05. The van der Waals surface area contributed by atoms with Crippen LogP contribution in [0.5, 0.6) is 5.75 Å². The van der Waals surface area contributed by atoms with Crippen molar-refractivity contribution in [3.05, 3.63) is 59.1 Å². The topological polar surface area (TPSA) is 38.3 Å². The van der Waals surface area contributed by atoms with Crippen molar-refractivity contribution in [1.82, 2.24) is 0 Å². The van der Waals surface area contributed by atoms with Crippen LogP contribution >= 0.6 is 11.6 Å². The standard InChI is InChI=1S/C17H18ClNO2/c1-13-7-2-5-10-16(13)21-12-6-11-17(20)19-15-9-4-3-8-14(15)18/h2-5,7-10H,6,11-12H2,1H3,(H,19,20). The van der Waals surface area contributed by atoms with E-state index < -0.39 is 0 Å². The van der Waals surface area contributed by atoms with Crippen molar-refractivity contribution in [2.24, 2.45) is 0 Å². The minimum atomic E-state index is -0.0588. The summed E-state index contributed by atoms with van der Waals surface area (Å²) in [6, 6.07) is 15.0. The second-order valence-electron chi connectivity index (χ2n) is 4.75. The lowest BCUT2D eigenvalue weighted by molar-refractivity contribution is -0.116. The number of benzene rings is 2. The smallest absolute Gasteiger partial charge is 0.224 e. The molecule has 0 unspecified atom stereocenters. The molecular weight excluding hydrogens is 286 g/mol. The van der Waals surface area contributed by atoms with Gasteiger partial charge in [-0.3, -0.25) is 4.79 Å². The molecule has 0 aromatic heterocycles. The molecule has 3 nitrogen and oxygen atoms in total. The summed E-state index contributed by atoms with van der Waals surface area (Å²) < 4.78 is 5.66. The minimum absolute atomic E-state index is 0.0588. The molecule has 0 aliphatic rings. The van der Waals surface area contributed by atoms with Gasteiger partial charge in [-0.25, -0.2) is 0 Å². The minimum Gasteiger partial charge on any atom is -0.493 e. The zero-order valence-corrected chi connectivity index (χ0v) is 12.7. The van der Waals surface area contributed by atoms with Crippen LogP contribution in [-0.4, -0.2) is 12.5 Å². The number of hydrogen-bond acceptors (Lipinski definition) is 2. The second-order valence-corrected chi connectivity index (χ2v) is 5.15. The molecule has 0 spiro atoms. The van der Waals surface area contributed by atoms with E-state index in [1.807, 2.05) is 43.3 Å². The molecule has 0 aliphatic heterocycles. The summed E-state index contributed by atoms with van der Waals surface area (Å²) in [5, 5.41) is 3.34. The molecule has 4 heteroatoms. The fraction of sp³-hybridized carbons (Fsp3) is 0.235. The summed E-state index contributed by atoms with van der Waals surface area (Å²) in [6.45, 7) is 2.51. The Balaban J connectivity index is 1.73. The number of carbonyl (C=O) groups excluding carboxylic acids is 1. The first-order chi connectivity index (χ1) is 10.2. The van der Waals surface area contributed by atoms with E-state index in [0.717, 1.165) is 11.3 Å². The molecule has 2 rings (SSSR count). The molecule has 0 fully saturated rings. The van der Waals surface area contributed by atoms with Crippen molar-refractivity contribution in [3.63, 3.8) is 0 Å². The van der Waals surface area contributed by atoms with Crippen molar-refractivity contribution >= 4 is 23.2 Å². The number of para-hydroxylation sites is 2. The van der Waals surface area contributed by atoms with Crippen LogP contribution in [0.4, 0.5) is 5.69 Å². The molecule has 0 radical (unpaired) electrons. The molecule has 0 heterocycles. The largest absolute Gasteiger partial charge is 0.493 e. The van der Waals surface area contributed by atoms with Crippen LogP contribution in [0, 0.1) is 6.92 Å². The van der Waals surface area contributed by atoms with Gasteiger partial charge in [0.15, 0.2) is 0 Å². The fourth-order valence-corrected chi connectivity index (χ4v) is 2.09. The van der Waals surface area contributed by atoms with Crippen molar-refractivity contribution in [3.8, 4) is 5.75 Å². The van der Waals surface area contributed by atoms with Gasteiger partial charge in [0.1, 0.15) is 5.75 Å². The Morgan fingerprint density at radius 2 is 1.86 bits per heavy atom. The van der Waals surface area contributed by atoms with Gasteiger partial charge in [-0.1, -0.05) is 41.9 Å². The summed E-state index contributed by atoms with van der Waals surface area (Å²) in [5.41, 5.74) is 1.74. The zero-order chi connectivity index (χ0) is 15.1. The van der Waals surface area contributed by atoms with Crippen molar-refractivity contribution in [2.75, 3.05) is 11.9 Å². The highest BCUT2D eigenvalue weighted by molar-refractivity contribution is 6.33. The number of amides is 1. The van der Waals surface area contributed by atoms with Crippen LogP contribution in [-0.2, 0) is 4.79 Å². The van der Waals surface area contributed by atoms with Gasteiger partial charge in [-0.2, -0.15) is 0 Å². The summed E-state index contributed by atoms with van der Waals surface area (Å²) in [7, 11) is 0. The van der Waals surface area contributed by atoms with Crippen LogP contribution in [0.3, 0.4) is 0 Å². The number of aryl methyl sites for hydroxylation is 1. The molecule has 0 atom stereocenters. The number of hydrogen-bond donors (Lipinski definition) is 1. The molecular formula is C17H18ClNO2. The molecule has 2 aromatic rings. The highest BCUT2D eigenvalue weighted by Crippen LogP contribution is 2.20. The maximum Gasteiger partial charge on any atom is 0.224 e. The van der Waals surface area contributed by atoms with Crippen LogP contribution in [0.15, 0.2) is 48.5 Å². The van der Waals surface area contributed by atoms with Crippen LogP contribution in [0.1, 0.15) is 18.4 Å². The molecule has 0 bridgehead atoms. The third-order valence-corrected chi connectivity index (χ3v) is 3.38. The quantitative estimate of drug-likeness (QED) is 0.801. The summed E-state index contributed by atoms with van der Waals surface area (Å²) in [5.74, 6) is 0.806. The van der Waals surface area contributed by atoms with Gasteiger partial charge >= 0.3 is 0 Å². The SMILES string of the molecule is Cc1ccccc1OCCCC(=O)Nc1ccccc1Cl. The Kier molecular flexibility index (Phi) is 5.64. The average molecular weight is 304 g/mol. The van der Waals surface area contributed by atoms with Crippen molar-refractivity contribution in [2.45, 2.75) is 19.8 Å². The molecule has 0 saturated heterocycles. The number of anilines is 1. The van der Waals surface area contributed by atoms with Gasteiger partial charge in [0.2, 0.25) is 5.91 Å². The Hall–Kier alpha value is -2.00. The normalized spacial score (nSPS) is 10.2. The van der Waals surface area contributed by atoms with E-state index in [9.17, 15) is 4.79 Å². The van der Waals surface area contributed by atoms with Gasteiger partial charge in [0.05, 0.1) is 17.3 Å². The molecule has 2 aromatic carbocycles. The predicted molar refractivity (Wildman–Crippen MR) is 86.0 cm³/mol. The van der Waals surface area contributed by atoms with Gasteiger partial charge < -0.3 is 10.1 Å². The number of rotatable bonds is 6. The fourth-order valence-electron chi connectivity index (χ4n) is 1.91. The van der Waals surface area contributed by atoms with Gasteiger partial charge in [-0.15, -0.1) is 0 Å². The van der Waals surface area contributed by atoms with E-state index in [4.69, 9.17) is 16.3 Å². The second kappa shape index (κ2) is 7.70. The molecule has 1 amide bonds. The van der Waals surface area contributed by atoms with E-state index in [0.29, 0.717) is 30.2 Å². The number of ether oxygens (including phenoxy) is 1. The van der Waals surface area contributed by atoms with Crippen molar-refractivity contribution < 1.29 is 9.53 Å². The first kappa shape index (κ1) is 15.4. The Bertz CT molecular complexity index is 613. The zero-order valence-electron chi connectivity index (χ0n) is 11.9. The van der Waals surface area contributed by atoms with E-state index in [2.05, 4.69) is 5.32 Å². The third-order valence-electron chi connectivity index (χ3n) is 3.05. The lowest BCUT2D eigenvalue weighted by Crippen LogP contribution is -2.13. The lowest BCUT2D eigenvalue weighted by Gasteiger charge is -2.09. The Labute approximate surface area is 129 Å². The predicted octanol–water partition coefficient (Wildman–Crippen LogP) is 4.45. The Morgan fingerprint density at radius 3 is 2.62 bits per heavy atom. The van der Waals surface area contributed by atoms with Gasteiger partial charge in [0.25, 0.3) is 0 Å². The molecule has 0 aliphatic carbocycles. The van der Waals surface area contributed by atoms with Crippen LogP contribution in [0.25, 0.3) is 0 Å². The van der Waals surface area contributed by atoms with Crippen LogP contribution in [0.2, 0.25) is 5.02 Å². The number of nitrogens with one attached hydrogen (secondary N) is 1. The van der Waals surface area contributed by atoms with E-state index in [1.165, 1.54) is 0 Å². The monoisotopic (exact) mass is 303 g/mol. The summed E-state index contributed by atoms with van der Waals surface area (Å²) >= 11 is 5.99. The molecule has 110 valence electrons. The third kappa shape index (κ3) is 4.80. The Morgan fingerprint density at radius 1 is 1.14 bits per heavy atom. The van der Waals surface area contributed by atoms with Gasteiger partial charge in [-0.05, 0) is 37.1 Å². The van der Waals surface area contributed by atoms with E-state index >= 15 is 0 Å². The molecule has 0 saturated carbocycles. The number of carbonyl (C=O) groups is 1. The lowest BCUT2D eigenvalue weighted by atomic mass is 10.2. The molecule has 1 N–H and O–H groups in total. The van der Waals surface area contributed by atoms with Gasteiger partial charge in [0, 0.05) is 6.42 Å². The average Bonchev–Trinajstić information content (AvgIpc) is 2.48. The first-order valence-electron chi connectivity index (χ1n) is 6.89. The first-order valence-corrected chi connectivity index (χ1v) is 7.27. The van der Waals surface area contributed by atoms with Crippen molar-refractivity contribution in [1.29, 1.82) is 0 Å². The maximum absolute atomic E-state index is 11.8.